The first-order chi connectivity index (χ1) is 20.3. The number of anilines is 1. The van der Waals surface area contributed by atoms with Crippen LogP contribution in [0.1, 0.15) is 12.5 Å². The molecule has 0 radical (unpaired) electrons. The van der Waals surface area contributed by atoms with Crippen LogP contribution in [0.5, 0.6) is 0 Å². The standard InChI is InChI=1S/C33H32N6O2S/c1-4-38-22-30(32(36-38)24-13-15-26(34)16-14-24)28-17-18-35-33-29(28)20-31(25-10-8-9-23(19-25)21-37(2)3)39(33)42(40,41)27-11-6-5-7-12-27/h5-20,22H,4,21,34H2,1-3H3. The van der Waals surface area contributed by atoms with Crippen molar-refractivity contribution < 1.29 is 8.42 Å². The molecule has 0 saturated heterocycles. The summed E-state index contributed by atoms with van der Waals surface area (Å²) in [6.07, 6.45) is 3.66. The van der Waals surface area contributed by atoms with E-state index in [0.717, 1.165) is 45.4 Å². The van der Waals surface area contributed by atoms with Crippen LogP contribution >= 0.6 is 0 Å². The SMILES string of the molecule is CCn1cc(-c2ccnc3c2cc(-c2cccc(CN(C)C)c2)n3S(=O)(=O)c2ccccc2)c(-c2ccc(N)cc2)n1. The monoisotopic (exact) mass is 576 g/mol. The van der Waals surface area contributed by atoms with Crippen LogP contribution in [0.25, 0.3) is 44.7 Å². The van der Waals surface area contributed by atoms with E-state index in [1.807, 2.05) is 92.6 Å². The Hall–Kier alpha value is -4.73. The number of aromatic nitrogens is 4. The van der Waals surface area contributed by atoms with Gasteiger partial charge in [0.05, 0.1) is 10.6 Å². The van der Waals surface area contributed by atoms with Gasteiger partial charge in [-0.15, -0.1) is 0 Å². The fourth-order valence-corrected chi connectivity index (χ4v) is 6.78. The van der Waals surface area contributed by atoms with Crippen LogP contribution in [-0.2, 0) is 23.1 Å². The maximum atomic E-state index is 14.3. The van der Waals surface area contributed by atoms with Crippen molar-refractivity contribution in [3.05, 3.63) is 109 Å². The summed E-state index contributed by atoms with van der Waals surface area (Å²) in [5.41, 5.74) is 12.9. The zero-order valence-corrected chi connectivity index (χ0v) is 24.6. The number of nitrogens with two attached hydrogens (primary N) is 1. The molecule has 0 aliphatic carbocycles. The van der Waals surface area contributed by atoms with E-state index in [0.29, 0.717) is 23.6 Å². The van der Waals surface area contributed by atoms with Crippen LogP contribution in [0.4, 0.5) is 5.69 Å². The molecule has 3 heterocycles. The Morgan fingerprint density at radius 1 is 0.857 bits per heavy atom. The molecule has 6 rings (SSSR count). The fourth-order valence-electron chi connectivity index (χ4n) is 5.28. The molecule has 212 valence electrons. The van der Waals surface area contributed by atoms with Gasteiger partial charge in [0.15, 0.2) is 5.65 Å². The molecule has 0 fully saturated rings. The van der Waals surface area contributed by atoms with Crippen LogP contribution in [0, 0.1) is 0 Å². The molecular weight excluding hydrogens is 544 g/mol. The van der Waals surface area contributed by atoms with E-state index in [2.05, 4.69) is 9.88 Å². The molecule has 0 unspecified atom stereocenters. The number of pyridine rings is 1. The average molecular weight is 577 g/mol. The van der Waals surface area contributed by atoms with Crippen molar-refractivity contribution in [1.29, 1.82) is 0 Å². The number of aryl methyl sites for hydroxylation is 1. The first-order valence-electron chi connectivity index (χ1n) is 13.7. The summed E-state index contributed by atoms with van der Waals surface area (Å²) in [7, 11) is 0.0242. The molecule has 0 saturated carbocycles. The van der Waals surface area contributed by atoms with Gasteiger partial charge in [0, 0.05) is 47.7 Å². The van der Waals surface area contributed by atoms with E-state index < -0.39 is 10.0 Å². The van der Waals surface area contributed by atoms with Gasteiger partial charge in [-0.25, -0.2) is 17.4 Å². The van der Waals surface area contributed by atoms with Crippen molar-refractivity contribution in [2.75, 3.05) is 19.8 Å². The van der Waals surface area contributed by atoms with Gasteiger partial charge in [-0.3, -0.25) is 4.68 Å². The Morgan fingerprint density at radius 2 is 1.62 bits per heavy atom. The first-order valence-corrected chi connectivity index (χ1v) is 15.2. The Bertz CT molecular complexity index is 1990. The summed E-state index contributed by atoms with van der Waals surface area (Å²) in [6, 6.07) is 27.9. The highest BCUT2D eigenvalue weighted by Crippen LogP contribution is 2.39. The van der Waals surface area contributed by atoms with E-state index in [9.17, 15) is 8.42 Å². The van der Waals surface area contributed by atoms with Crippen LogP contribution in [0.15, 0.2) is 108 Å². The maximum absolute atomic E-state index is 14.3. The normalized spacial score (nSPS) is 11.9. The van der Waals surface area contributed by atoms with E-state index >= 15 is 0 Å². The fraction of sp³-hybridized carbons (Fsp3) is 0.152. The third-order valence-electron chi connectivity index (χ3n) is 7.22. The highest BCUT2D eigenvalue weighted by molar-refractivity contribution is 7.90. The van der Waals surface area contributed by atoms with Crippen molar-refractivity contribution in [3.63, 3.8) is 0 Å². The molecule has 42 heavy (non-hydrogen) atoms. The topological polar surface area (TPSA) is 99.0 Å². The molecule has 0 amide bonds. The molecule has 0 bridgehead atoms. The zero-order chi connectivity index (χ0) is 29.4. The van der Waals surface area contributed by atoms with E-state index in [-0.39, 0.29) is 4.90 Å². The lowest BCUT2D eigenvalue weighted by Crippen LogP contribution is -2.15. The minimum Gasteiger partial charge on any atom is -0.399 e. The van der Waals surface area contributed by atoms with Gasteiger partial charge >= 0.3 is 0 Å². The Balaban J connectivity index is 1.65. The smallest absolute Gasteiger partial charge is 0.269 e. The Kier molecular flexibility index (Phi) is 7.14. The van der Waals surface area contributed by atoms with Crippen molar-refractivity contribution in [3.8, 4) is 33.6 Å². The van der Waals surface area contributed by atoms with Crippen LogP contribution in [-0.4, -0.2) is 46.1 Å². The molecule has 9 heteroatoms. The number of nitrogens with zero attached hydrogens (tertiary/aromatic N) is 5. The summed E-state index contributed by atoms with van der Waals surface area (Å²) >= 11 is 0. The maximum Gasteiger partial charge on any atom is 0.269 e. The highest BCUT2D eigenvalue weighted by Gasteiger charge is 2.27. The van der Waals surface area contributed by atoms with Gasteiger partial charge in [-0.05, 0) is 80.2 Å². The summed E-state index contributed by atoms with van der Waals surface area (Å²) in [4.78, 5) is 6.93. The summed E-state index contributed by atoms with van der Waals surface area (Å²) in [6.45, 7) is 3.45. The lowest BCUT2D eigenvalue weighted by Gasteiger charge is -2.14. The lowest BCUT2D eigenvalue weighted by molar-refractivity contribution is 0.402. The summed E-state index contributed by atoms with van der Waals surface area (Å²) in [5.74, 6) is 0. The van der Waals surface area contributed by atoms with Crippen molar-refractivity contribution >= 4 is 26.7 Å². The molecule has 2 N–H and O–H groups in total. The predicted octanol–water partition coefficient (Wildman–Crippen LogP) is 6.13. The predicted molar refractivity (Wildman–Crippen MR) is 168 cm³/mol. The second-order valence-corrected chi connectivity index (χ2v) is 12.3. The Morgan fingerprint density at radius 3 is 2.33 bits per heavy atom. The van der Waals surface area contributed by atoms with Gasteiger partial charge in [0.25, 0.3) is 10.0 Å². The average Bonchev–Trinajstić information content (AvgIpc) is 3.60. The first kappa shape index (κ1) is 27.4. The number of rotatable bonds is 8. The number of hydrogen-bond acceptors (Lipinski definition) is 6. The number of hydrogen-bond donors (Lipinski definition) is 1. The Labute approximate surface area is 245 Å². The second kappa shape index (κ2) is 10.9. The molecule has 0 spiro atoms. The highest BCUT2D eigenvalue weighted by atomic mass is 32.2. The molecule has 3 aromatic heterocycles. The number of fused-ring (bicyclic) bond motifs is 1. The molecule has 0 aliphatic heterocycles. The third-order valence-corrected chi connectivity index (χ3v) is 8.94. The minimum absolute atomic E-state index is 0.196. The molecular formula is C33H32N6O2S. The van der Waals surface area contributed by atoms with Gasteiger partial charge in [0.1, 0.15) is 5.69 Å². The van der Waals surface area contributed by atoms with Gasteiger partial charge in [0.2, 0.25) is 0 Å². The number of benzene rings is 3. The van der Waals surface area contributed by atoms with E-state index in [1.54, 1.807) is 36.5 Å². The number of nitrogen functional groups attached to an aromatic ring is 1. The lowest BCUT2D eigenvalue weighted by atomic mass is 10.00. The molecule has 0 atom stereocenters. The third kappa shape index (κ3) is 4.97. The van der Waals surface area contributed by atoms with Crippen LogP contribution in [0.3, 0.4) is 0 Å². The quantitative estimate of drug-likeness (QED) is 0.219. The van der Waals surface area contributed by atoms with Gasteiger partial charge in [-0.2, -0.15) is 5.10 Å². The van der Waals surface area contributed by atoms with Crippen molar-refractivity contribution in [1.82, 2.24) is 23.6 Å². The molecule has 3 aromatic carbocycles. The van der Waals surface area contributed by atoms with E-state index in [1.165, 1.54) is 3.97 Å². The molecule has 0 aliphatic rings. The van der Waals surface area contributed by atoms with E-state index in [4.69, 9.17) is 10.8 Å². The van der Waals surface area contributed by atoms with Crippen molar-refractivity contribution in [2.45, 2.75) is 24.9 Å². The van der Waals surface area contributed by atoms with Gasteiger partial charge < -0.3 is 10.6 Å². The largest absolute Gasteiger partial charge is 0.399 e. The van der Waals surface area contributed by atoms with Crippen LogP contribution < -0.4 is 5.73 Å². The van der Waals surface area contributed by atoms with Gasteiger partial charge in [-0.1, -0.05) is 48.5 Å². The minimum atomic E-state index is -3.99. The molecule has 8 nitrogen and oxygen atoms in total. The second-order valence-electron chi connectivity index (χ2n) is 10.5. The van der Waals surface area contributed by atoms with Crippen molar-refractivity contribution in [2.24, 2.45) is 0 Å². The zero-order valence-electron chi connectivity index (χ0n) is 23.8. The molecule has 6 aromatic rings. The summed E-state index contributed by atoms with van der Waals surface area (Å²) < 4.78 is 31.8. The summed E-state index contributed by atoms with van der Waals surface area (Å²) in [5, 5.41) is 5.58. The van der Waals surface area contributed by atoms with Crippen LogP contribution in [0.2, 0.25) is 0 Å².